The van der Waals surface area contributed by atoms with E-state index in [-0.39, 0.29) is 34.2 Å². The molecule has 9 heteroatoms. The van der Waals surface area contributed by atoms with E-state index in [1.54, 1.807) is 31.6 Å². The molecule has 2 aromatic rings. The third-order valence-electron chi connectivity index (χ3n) is 5.02. The molecule has 1 amide bonds. The van der Waals surface area contributed by atoms with Gasteiger partial charge in [0, 0.05) is 38.7 Å². The van der Waals surface area contributed by atoms with Crippen LogP contribution in [0.5, 0.6) is 11.5 Å². The van der Waals surface area contributed by atoms with Gasteiger partial charge in [-0.25, -0.2) is 0 Å². The normalized spacial score (nSPS) is 17.8. The molecule has 1 unspecified atom stereocenters. The first kappa shape index (κ1) is 22.6. The van der Waals surface area contributed by atoms with Crippen LogP contribution in [-0.4, -0.2) is 61.2 Å². The summed E-state index contributed by atoms with van der Waals surface area (Å²) < 4.78 is 15.6. The van der Waals surface area contributed by atoms with Crippen LogP contribution in [0.2, 0.25) is 5.02 Å². The Hall–Kier alpha value is -3.10. The van der Waals surface area contributed by atoms with Crippen LogP contribution in [0.4, 0.5) is 0 Å². The van der Waals surface area contributed by atoms with Crippen molar-refractivity contribution in [3.05, 3.63) is 58.4 Å². The van der Waals surface area contributed by atoms with Crippen molar-refractivity contribution >= 4 is 29.1 Å². The number of hydrogen-bond acceptors (Lipinski definition) is 7. The highest BCUT2D eigenvalue weighted by Crippen LogP contribution is 2.42. The van der Waals surface area contributed by atoms with Crippen LogP contribution in [0.15, 0.2) is 42.2 Å². The second kappa shape index (κ2) is 9.80. The molecule has 2 heterocycles. The molecular formula is C22H23ClN2O6. The number of aromatic nitrogens is 1. The van der Waals surface area contributed by atoms with E-state index in [0.717, 1.165) is 0 Å². The van der Waals surface area contributed by atoms with Gasteiger partial charge in [0.25, 0.3) is 11.7 Å². The van der Waals surface area contributed by atoms with E-state index in [0.29, 0.717) is 24.3 Å². The summed E-state index contributed by atoms with van der Waals surface area (Å²) in [6.45, 7) is 0.694. The zero-order chi connectivity index (χ0) is 22.5. The summed E-state index contributed by atoms with van der Waals surface area (Å²) in [5.74, 6) is -1.29. The number of halogens is 1. The first-order valence-electron chi connectivity index (χ1n) is 9.53. The Morgan fingerprint density at radius 2 is 1.94 bits per heavy atom. The summed E-state index contributed by atoms with van der Waals surface area (Å²) in [6.07, 6.45) is 3.68. The van der Waals surface area contributed by atoms with Gasteiger partial charge in [-0.05, 0) is 24.1 Å². The number of amides is 1. The van der Waals surface area contributed by atoms with Crippen LogP contribution in [0.25, 0.3) is 5.76 Å². The Morgan fingerprint density at radius 1 is 1.19 bits per heavy atom. The number of aliphatic hydroxyl groups excluding tert-OH is 1. The van der Waals surface area contributed by atoms with E-state index >= 15 is 0 Å². The Morgan fingerprint density at radius 3 is 2.55 bits per heavy atom. The second-order valence-electron chi connectivity index (χ2n) is 6.81. The third-order valence-corrected chi connectivity index (χ3v) is 5.31. The molecule has 0 radical (unpaired) electrons. The summed E-state index contributed by atoms with van der Waals surface area (Å²) >= 11 is 6.24. The zero-order valence-electron chi connectivity index (χ0n) is 17.4. The van der Waals surface area contributed by atoms with Crippen LogP contribution in [0.1, 0.15) is 23.6 Å². The molecule has 0 bridgehead atoms. The van der Waals surface area contributed by atoms with Crippen molar-refractivity contribution in [1.82, 2.24) is 9.88 Å². The molecule has 1 fully saturated rings. The lowest BCUT2D eigenvalue weighted by Crippen LogP contribution is -2.31. The topological polar surface area (TPSA) is 98.2 Å². The number of nitrogens with zero attached hydrogens (tertiary/aromatic N) is 2. The van der Waals surface area contributed by atoms with E-state index in [2.05, 4.69) is 4.98 Å². The number of ether oxygens (including phenoxy) is 3. The number of pyridine rings is 1. The number of hydrogen-bond donors (Lipinski definition) is 1. The lowest BCUT2D eigenvalue weighted by atomic mass is 9.96. The third kappa shape index (κ3) is 4.35. The highest BCUT2D eigenvalue weighted by Gasteiger charge is 2.46. The average Bonchev–Trinajstić information content (AvgIpc) is 3.04. The van der Waals surface area contributed by atoms with Gasteiger partial charge in [0.15, 0.2) is 0 Å². The summed E-state index contributed by atoms with van der Waals surface area (Å²) in [7, 11) is 4.43. The molecule has 1 aliphatic rings. The number of rotatable bonds is 8. The van der Waals surface area contributed by atoms with Crippen molar-refractivity contribution in [2.45, 2.75) is 12.5 Å². The van der Waals surface area contributed by atoms with Crippen molar-refractivity contribution in [3.8, 4) is 11.5 Å². The van der Waals surface area contributed by atoms with Crippen LogP contribution in [0.3, 0.4) is 0 Å². The van der Waals surface area contributed by atoms with E-state index in [9.17, 15) is 14.7 Å². The molecule has 1 N–H and O–H groups in total. The molecule has 8 nitrogen and oxygen atoms in total. The van der Waals surface area contributed by atoms with Crippen molar-refractivity contribution in [2.24, 2.45) is 0 Å². The van der Waals surface area contributed by atoms with Gasteiger partial charge < -0.3 is 24.2 Å². The van der Waals surface area contributed by atoms with Gasteiger partial charge in [-0.3, -0.25) is 14.6 Å². The van der Waals surface area contributed by atoms with Crippen molar-refractivity contribution in [1.29, 1.82) is 0 Å². The van der Waals surface area contributed by atoms with E-state index in [1.165, 1.54) is 31.3 Å². The van der Waals surface area contributed by atoms with Gasteiger partial charge in [-0.2, -0.15) is 0 Å². The lowest BCUT2D eigenvalue weighted by molar-refractivity contribution is -0.140. The number of carbonyl (C=O) groups is 2. The Bertz CT molecular complexity index is 1010. The van der Waals surface area contributed by atoms with Crippen LogP contribution >= 0.6 is 11.6 Å². The minimum atomic E-state index is -0.809. The number of aliphatic hydroxyl groups is 1. The highest BCUT2D eigenvalue weighted by molar-refractivity contribution is 6.46. The molecule has 1 aromatic heterocycles. The number of methoxy groups -OCH3 is 3. The van der Waals surface area contributed by atoms with Crippen molar-refractivity contribution < 1.29 is 28.9 Å². The fraction of sp³-hybridized carbons (Fsp3) is 0.318. The van der Waals surface area contributed by atoms with Crippen molar-refractivity contribution in [3.63, 3.8) is 0 Å². The largest absolute Gasteiger partial charge is 0.507 e. The molecule has 164 valence electrons. The molecule has 1 aliphatic heterocycles. The molecule has 1 saturated heterocycles. The zero-order valence-corrected chi connectivity index (χ0v) is 18.2. The highest BCUT2D eigenvalue weighted by atomic mass is 35.5. The summed E-state index contributed by atoms with van der Waals surface area (Å²) in [6, 6.07) is 5.59. The molecule has 31 heavy (non-hydrogen) atoms. The maximum atomic E-state index is 13.0. The van der Waals surface area contributed by atoms with Crippen LogP contribution in [0, 0.1) is 0 Å². The van der Waals surface area contributed by atoms with Gasteiger partial charge in [-0.1, -0.05) is 17.7 Å². The van der Waals surface area contributed by atoms with Gasteiger partial charge >= 0.3 is 0 Å². The van der Waals surface area contributed by atoms with E-state index in [1.807, 2.05) is 0 Å². The number of likely N-dealkylation sites (tertiary alicyclic amines) is 1. The molecule has 0 spiro atoms. The quantitative estimate of drug-likeness (QED) is 0.288. The smallest absolute Gasteiger partial charge is 0.295 e. The summed E-state index contributed by atoms with van der Waals surface area (Å²) in [4.78, 5) is 31.4. The maximum Gasteiger partial charge on any atom is 0.295 e. The number of Topliss-reactive ketones (excluding diaryl/α,β-unsaturated/α-hetero) is 1. The molecule has 0 saturated carbocycles. The predicted octanol–water partition coefficient (Wildman–Crippen LogP) is 3.21. The average molecular weight is 447 g/mol. The predicted molar refractivity (Wildman–Crippen MR) is 114 cm³/mol. The molecular weight excluding hydrogens is 424 g/mol. The monoisotopic (exact) mass is 446 g/mol. The van der Waals surface area contributed by atoms with Gasteiger partial charge in [0.05, 0.1) is 36.4 Å². The number of benzene rings is 1. The number of ketones is 1. The van der Waals surface area contributed by atoms with Crippen LogP contribution in [-0.2, 0) is 14.3 Å². The second-order valence-corrected chi connectivity index (χ2v) is 7.22. The number of carbonyl (C=O) groups excluding carboxylic acids is 2. The van der Waals surface area contributed by atoms with Gasteiger partial charge in [0.1, 0.15) is 17.3 Å². The fourth-order valence-electron chi connectivity index (χ4n) is 3.56. The molecule has 3 rings (SSSR count). The van der Waals surface area contributed by atoms with E-state index < -0.39 is 17.7 Å². The van der Waals surface area contributed by atoms with Gasteiger partial charge in [0.2, 0.25) is 0 Å². The van der Waals surface area contributed by atoms with E-state index in [4.69, 9.17) is 25.8 Å². The summed E-state index contributed by atoms with van der Waals surface area (Å²) in [5, 5.41) is 11.4. The fourth-order valence-corrected chi connectivity index (χ4v) is 3.81. The van der Waals surface area contributed by atoms with Crippen LogP contribution < -0.4 is 9.47 Å². The van der Waals surface area contributed by atoms with Gasteiger partial charge in [-0.15, -0.1) is 0 Å². The first-order valence-corrected chi connectivity index (χ1v) is 9.91. The summed E-state index contributed by atoms with van der Waals surface area (Å²) in [5.41, 5.74) is 0.714. The Labute approximate surface area is 185 Å². The standard InChI is InChI=1S/C22H23ClN2O6/c1-29-9-5-8-25-19(13-6-4-7-24-12-13)18(21(27)22(25)28)20(26)14-10-15(23)17(31-3)11-16(14)30-2/h4,6-7,10-12,19,26H,5,8-9H2,1-3H3/b20-18+. The molecule has 1 aromatic carbocycles. The first-order chi connectivity index (χ1) is 14.9. The minimum Gasteiger partial charge on any atom is -0.507 e. The minimum absolute atomic E-state index is 0.0602. The SMILES string of the molecule is COCCCN1C(=O)C(=O)/C(=C(/O)c2cc(Cl)c(OC)cc2OC)C1c1cccnc1. The Kier molecular flexibility index (Phi) is 7.14. The van der Waals surface area contributed by atoms with Crippen molar-refractivity contribution in [2.75, 3.05) is 34.5 Å². The lowest BCUT2D eigenvalue weighted by Gasteiger charge is -2.25. The maximum absolute atomic E-state index is 13.0. The Balaban J connectivity index is 2.18. The molecule has 1 atom stereocenters. The molecule has 0 aliphatic carbocycles.